The smallest absolute Gasteiger partial charge is 0.0640 e. The summed E-state index contributed by atoms with van der Waals surface area (Å²) in [5.74, 6) is 0. The number of likely N-dealkylation sites (N-methyl/N-ethyl adjacent to an activating group) is 1. The minimum Gasteiger partial charge on any atom is -0.329 e. The summed E-state index contributed by atoms with van der Waals surface area (Å²) in [6.07, 6.45) is 1.80. The molecule has 0 aliphatic carbocycles. The monoisotopic (exact) mass is 323 g/mol. The fraction of sp³-hybridized carbons (Fsp3) is 0.312. The van der Waals surface area contributed by atoms with Gasteiger partial charge in [-0.15, -0.1) is 0 Å². The van der Waals surface area contributed by atoms with Crippen LogP contribution in [-0.2, 0) is 6.54 Å². The van der Waals surface area contributed by atoms with Crippen LogP contribution in [0, 0.1) is 0 Å². The predicted octanol–water partition coefficient (Wildman–Crippen LogP) is 3.91. The second-order valence-corrected chi connectivity index (χ2v) is 5.56. The lowest BCUT2D eigenvalue weighted by Gasteiger charge is -2.30. The number of aromatic nitrogens is 1. The number of hydrogen-bond donors (Lipinski definition) is 1. The molecule has 0 aliphatic rings. The van der Waals surface area contributed by atoms with E-state index in [-0.39, 0.29) is 6.04 Å². The zero-order chi connectivity index (χ0) is 15.2. The summed E-state index contributed by atoms with van der Waals surface area (Å²) in [6.45, 7) is 4.15. The molecule has 5 heteroatoms. The molecule has 0 amide bonds. The maximum Gasteiger partial charge on any atom is 0.0640 e. The summed E-state index contributed by atoms with van der Waals surface area (Å²) >= 11 is 12.5. The maximum absolute atomic E-state index is 6.34. The standard InChI is InChI=1S/C16H19Cl2N3/c1-2-21(11-12-6-3-4-9-20-12)15(10-19)13-7-5-8-14(17)16(13)18/h3-9,15H,2,10-11,19H2,1H3. The van der Waals surface area contributed by atoms with E-state index in [0.29, 0.717) is 16.6 Å². The predicted molar refractivity (Wildman–Crippen MR) is 88.6 cm³/mol. The van der Waals surface area contributed by atoms with Crippen LogP contribution >= 0.6 is 23.2 Å². The zero-order valence-corrected chi connectivity index (χ0v) is 13.5. The molecule has 3 nitrogen and oxygen atoms in total. The Bertz CT molecular complexity index is 575. The van der Waals surface area contributed by atoms with Crippen molar-refractivity contribution in [3.05, 3.63) is 63.9 Å². The normalized spacial score (nSPS) is 12.6. The molecule has 0 spiro atoms. The lowest BCUT2D eigenvalue weighted by molar-refractivity contribution is 0.201. The van der Waals surface area contributed by atoms with Crippen LogP contribution in [0.1, 0.15) is 24.2 Å². The third-order valence-electron chi connectivity index (χ3n) is 3.50. The average Bonchev–Trinajstić information content (AvgIpc) is 2.52. The maximum atomic E-state index is 6.34. The van der Waals surface area contributed by atoms with E-state index in [1.165, 1.54) is 0 Å². The first kappa shape index (κ1) is 16.2. The second-order valence-electron chi connectivity index (χ2n) is 4.78. The number of hydrogen-bond acceptors (Lipinski definition) is 3. The Hall–Kier alpha value is -1.13. The molecule has 2 aromatic rings. The Kier molecular flexibility index (Phi) is 6.00. The van der Waals surface area contributed by atoms with Crippen molar-refractivity contribution in [3.8, 4) is 0 Å². The van der Waals surface area contributed by atoms with Crippen molar-refractivity contribution in [1.82, 2.24) is 9.88 Å². The van der Waals surface area contributed by atoms with E-state index in [2.05, 4.69) is 16.8 Å². The van der Waals surface area contributed by atoms with Crippen molar-refractivity contribution in [2.75, 3.05) is 13.1 Å². The quantitative estimate of drug-likeness (QED) is 0.876. The van der Waals surface area contributed by atoms with Crippen LogP contribution in [0.5, 0.6) is 0 Å². The Morgan fingerprint density at radius 3 is 2.62 bits per heavy atom. The second kappa shape index (κ2) is 7.76. The molecular weight excluding hydrogens is 305 g/mol. The molecule has 1 unspecified atom stereocenters. The lowest BCUT2D eigenvalue weighted by atomic mass is 10.0. The van der Waals surface area contributed by atoms with E-state index < -0.39 is 0 Å². The topological polar surface area (TPSA) is 42.2 Å². The molecule has 1 aromatic heterocycles. The van der Waals surface area contributed by atoms with Gasteiger partial charge in [-0.3, -0.25) is 9.88 Å². The van der Waals surface area contributed by atoms with Crippen molar-refractivity contribution in [2.24, 2.45) is 5.73 Å². The fourth-order valence-electron chi connectivity index (χ4n) is 2.39. The summed E-state index contributed by atoms with van der Waals surface area (Å²) < 4.78 is 0. The van der Waals surface area contributed by atoms with Gasteiger partial charge in [-0.05, 0) is 30.3 Å². The molecule has 21 heavy (non-hydrogen) atoms. The van der Waals surface area contributed by atoms with Gasteiger partial charge in [-0.1, -0.05) is 48.3 Å². The summed E-state index contributed by atoms with van der Waals surface area (Å²) in [6, 6.07) is 11.6. The molecule has 0 saturated heterocycles. The molecule has 0 bridgehead atoms. The molecule has 112 valence electrons. The molecule has 2 N–H and O–H groups in total. The Balaban J connectivity index is 2.27. The third-order valence-corrected chi connectivity index (χ3v) is 4.34. The van der Waals surface area contributed by atoms with Gasteiger partial charge in [0.05, 0.1) is 15.7 Å². The molecule has 0 aliphatic heterocycles. The minimum absolute atomic E-state index is 0.0169. The highest BCUT2D eigenvalue weighted by Crippen LogP contribution is 2.32. The fourth-order valence-corrected chi connectivity index (χ4v) is 2.83. The van der Waals surface area contributed by atoms with Crippen molar-refractivity contribution >= 4 is 23.2 Å². The van der Waals surface area contributed by atoms with E-state index >= 15 is 0 Å². The van der Waals surface area contributed by atoms with Crippen molar-refractivity contribution < 1.29 is 0 Å². The van der Waals surface area contributed by atoms with E-state index in [0.717, 1.165) is 24.3 Å². The van der Waals surface area contributed by atoms with Gasteiger partial charge in [0.15, 0.2) is 0 Å². The molecule has 0 fully saturated rings. The van der Waals surface area contributed by atoms with Crippen LogP contribution in [0.2, 0.25) is 10.0 Å². The highest BCUT2D eigenvalue weighted by Gasteiger charge is 2.21. The number of rotatable bonds is 6. The molecule has 0 saturated carbocycles. The average molecular weight is 324 g/mol. The van der Waals surface area contributed by atoms with Crippen LogP contribution in [0.15, 0.2) is 42.6 Å². The first-order valence-electron chi connectivity index (χ1n) is 6.95. The number of nitrogens with zero attached hydrogens (tertiary/aromatic N) is 2. The Morgan fingerprint density at radius 1 is 1.19 bits per heavy atom. The van der Waals surface area contributed by atoms with Crippen LogP contribution < -0.4 is 5.73 Å². The summed E-state index contributed by atoms with van der Waals surface area (Å²) in [5, 5.41) is 1.13. The van der Waals surface area contributed by atoms with Crippen LogP contribution in [0.25, 0.3) is 0 Å². The summed E-state index contributed by atoms with van der Waals surface area (Å²) in [5.41, 5.74) is 7.96. The van der Waals surface area contributed by atoms with E-state index in [1.54, 1.807) is 12.3 Å². The van der Waals surface area contributed by atoms with Crippen molar-refractivity contribution in [1.29, 1.82) is 0 Å². The first-order chi connectivity index (χ1) is 10.2. The van der Waals surface area contributed by atoms with Crippen LogP contribution in [0.3, 0.4) is 0 Å². The summed E-state index contributed by atoms with van der Waals surface area (Å²) in [4.78, 5) is 6.63. The number of halogens is 2. The third kappa shape index (κ3) is 3.95. The van der Waals surface area contributed by atoms with Gasteiger partial charge in [0.1, 0.15) is 0 Å². The number of benzene rings is 1. The SMILES string of the molecule is CCN(Cc1ccccn1)C(CN)c1cccc(Cl)c1Cl. The molecule has 0 radical (unpaired) electrons. The molecule has 1 aromatic carbocycles. The Labute approximate surface area is 135 Å². The van der Waals surface area contributed by atoms with Gasteiger partial charge < -0.3 is 5.73 Å². The van der Waals surface area contributed by atoms with E-state index in [4.69, 9.17) is 28.9 Å². The van der Waals surface area contributed by atoms with Gasteiger partial charge in [0.2, 0.25) is 0 Å². The zero-order valence-electron chi connectivity index (χ0n) is 12.0. The van der Waals surface area contributed by atoms with Gasteiger partial charge in [-0.2, -0.15) is 0 Å². The molecule has 2 rings (SSSR count). The largest absolute Gasteiger partial charge is 0.329 e. The van der Waals surface area contributed by atoms with Crippen molar-refractivity contribution in [3.63, 3.8) is 0 Å². The van der Waals surface area contributed by atoms with E-state index in [9.17, 15) is 0 Å². The molecule has 1 heterocycles. The number of nitrogens with two attached hydrogens (primary N) is 1. The van der Waals surface area contributed by atoms with Gasteiger partial charge >= 0.3 is 0 Å². The van der Waals surface area contributed by atoms with Crippen LogP contribution in [0.4, 0.5) is 0 Å². The molecular formula is C16H19Cl2N3. The van der Waals surface area contributed by atoms with E-state index in [1.807, 2.05) is 30.3 Å². The first-order valence-corrected chi connectivity index (χ1v) is 7.70. The van der Waals surface area contributed by atoms with Gasteiger partial charge in [0, 0.05) is 25.3 Å². The lowest BCUT2D eigenvalue weighted by Crippen LogP contribution is -2.33. The minimum atomic E-state index is 0.0169. The highest BCUT2D eigenvalue weighted by atomic mass is 35.5. The van der Waals surface area contributed by atoms with Crippen LogP contribution in [-0.4, -0.2) is 23.0 Å². The highest BCUT2D eigenvalue weighted by molar-refractivity contribution is 6.42. The van der Waals surface area contributed by atoms with Gasteiger partial charge in [-0.25, -0.2) is 0 Å². The Morgan fingerprint density at radius 2 is 2.00 bits per heavy atom. The molecule has 1 atom stereocenters. The van der Waals surface area contributed by atoms with Gasteiger partial charge in [0.25, 0.3) is 0 Å². The van der Waals surface area contributed by atoms with Crippen molar-refractivity contribution in [2.45, 2.75) is 19.5 Å². The number of pyridine rings is 1. The summed E-state index contributed by atoms with van der Waals surface area (Å²) in [7, 11) is 0.